The first-order valence-electron chi connectivity index (χ1n) is 7.59. The molecule has 2 aromatic heterocycles. The molecule has 0 unspecified atom stereocenters. The molecule has 24 heavy (non-hydrogen) atoms. The molecule has 0 saturated carbocycles. The molecule has 0 saturated heterocycles. The van der Waals surface area contributed by atoms with Crippen LogP contribution in [-0.4, -0.2) is 10.5 Å². The smallest absolute Gasteiger partial charge is 0.266 e. The molecule has 0 radical (unpaired) electrons. The van der Waals surface area contributed by atoms with E-state index in [0.29, 0.717) is 10.6 Å². The number of hydrogen-bond acceptors (Lipinski definition) is 3. The first-order chi connectivity index (χ1) is 11.5. The molecule has 122 valence electrons. The third kappa shape index (κ3) is 3.16. The maximum absolute atomic E-state index is 12.7. The van der Waals surface area contributed by atoms with Gasteiger partial charge in [-0.25, -0.2) is 0 Å². The van der Waals surface area contributed by atoms with E-state index in [2.05, 4.69) is 5.32 Å². The predicted octanol–water partition coefficient (Wildman–Crippen LogP) is 3.98. The largest absolute Gasteiger partial charge is 0.320 e. The van der Waals surface area contributed by atoms with E-state index < -0.39 is 0 Å². The predicted molar refractivity (Wildman–Crippen MR) is 98.9 cm³/mol. The highest BCUT2D eigenvalue weighted by Gasteiger charge is 2.16. The summed E-state index contributed by atoms with van der Waals surface area (Å²) in [6.07, 6.45) is 1.65. The van der Waals surface area contributed by atoms with Gasteiger partial charge < -0.3 is 9.88 Å². The molecule has 4 nitrogen and oxygen atoms in total. The van der Waals surface area contributed by atoms with E-state index in [9.17, 15) is 9.59 Å². The molecule has 1 N–H and O–H groups in total. The molecule has 3 aromatic rings. The number of aromatic nitrogens is 1. The lowest BCUT2D eigenvalue weighted by Gasteiger charge is -2.10. The number of nitrogens with one attached hydrogen (secondary N) is 1. The van der Waals surface area contributed by atoms with Crippen LogP contribution in [0.3, 0.4) is 0 Å². The number of hydrogen-bond donors (Lipinski definition) is 1. The molecule has 0 fully saturated rings. The Morgan fingerprint density at radius 1 is 1.12 bits per heavy atom. The SMILES string of the molecule is Cc1ccc(-c2ccsc2C(=O)Nc2cn(C)c(=O)cc2C)cc1. The van der Waals surface area contributed by atoms with Crippen LogP contribution in [0.4, 0.5) is 5.69 Å². The zero-order valence-corrected chi connectivity index (χ0v) is 14.6. The second-order valence-corrected chi connectivity index (χ2v) is 6.72. The number of thiophene rings is 1. The number of benzene rings is 1. The molecule has 5 heteroatoms. The van der Waals surface area contributed by atoms with E-state index >= 15 is 0 Å². The summed E-state index contributed by atoms with van der Waals surface area (Å²) in [6, 6.07) is 11.6. The number of anilines is 1. The number of rotatable bonds is 3. The first-order valence-corrected chi connectivity index (χ1v) is 8.47. The van der Waals surface area contributed by atoms with Crippen molar-refractivity contribution in [2.45, 2.75) is 13.8 Å². The summed E-state index contributed by atoms with van der Waals surface area (Å²) in [5, 5.41) is 4.83. The molecule has 0 atom stereocenters. The van der Waals surface area contributed by atoms with E-state index in [1.165, 1.54) is 27.5 Å². The van der Waals surface area contributed by atoms with E-state index in [1.54, 1.807) is 13.2 Å². The summed E-state index contributed by atoms with van der Waals surface area (Å²) < 4.78 is 1.46. The van der Waals surface area contributed by atoms with E-state index in [-0.39, 0.29) is 11.5 Å². The van der Waals surface area contributed by atoms with Gasteiger partial charge in [0.1, 0.15) is 0 Å². The highest BCUT2D eigenvalue weighted by atomic mass is 32.1. The topological polar surface area (TPSA) is 51.1 Å². The monoisotopic (exact) mass is 338 g/mol. The number of carbonyl (C=O) groups excluding carboxylic acids is 1. The van der Waals surface area contributed by atoms with Crippen molar-refractivity contribution in [2.75, 3.05) is 5.32 Å². The third-order valence-electron chi connectivity index (χ3n) is 3.92. The maximum atomic E-state index is 12.7. The molecular formula is C19H18N2O2S. The van der Waals surface area contributed by atoms with Gasteiger partial charge in [0.05, 0.1) is 10.6 Å². The Bertz CT molecular complexity index is 952. The van der Waals surface area contributed by atoms with Gasteiger partial charge >= 0.3 is 0 Å². The molecule has 0 aliphatic rings. The molecular weight excluding hydrogens is 320 g/mol. The second-order valence-electron chi connectivity index (χ2n) is 5.80. The van der Waals surface area contributed by atoms with Crippen LogP contribution < -0.4 is 10.9 Å². The van der Waals surface area contributed by atoms with Gasteiger partial charge in [-0.15, -0.1) is 11.3 Å². The van der Waals surface area contributed by atoms with Gasteiger partial charge in [0, 0.05) is 24.9 Å². The minimum absolute atomic E-state index is 0.0954. The Morgan fingerprint density at radius 3 is 2.54 bits per heavy atom. The van der Waals surface area contributed by atoms with Crippen LogP contribution in [0.15, 0.2) is 52.8 Å². The van der Waals surface area contributed by atoms with Gasteiger partial charge in [-0.3, -0.25) is 9.59 Å². The lowest BCUT2D eigenvalue weighted by Crippen LogP contribution is -2.19. The fourth-order valence-corrected chi connectivity index (χ4v) is 3.29. The van der Waals surface area contributed by atoms with Crippen LogP contribution in [0.5, 0.6) is 0 Å². The van der Waals surface area contributed by atoms with Crippen LogP contribution in [0.2, 0.25) is 0 Å². The highest BCUT2D eigenvalue weighted by molar-refractivity contribution is 7.12. The van der Waals surface area contributed by atoms with Crippen molar-refractivity contribution >= 4 is 22.9 Å². The van der Waals surface area contributed by atoms with Crippen molar-refractivity contribution in [3.63, 3.8) is 0 Å². The summed E-state index contributed by atoms with van der Waals surface area (Å²) in [6.45, 7) is 3.85. The summed E-state index contributed by atoms with van der Waals surface area (Å²) in [7, 11) is 1.67. The van der Waals surface area contributed by atoms with Crippen LogP contribution in [-0.2, 0) is 7.05 Å². The zero-order chi connectivity index (χ0) is 17.3. The van der Waals surface area contributed by atoms with Crippen molar-refractivity contribution in [1.82, 2.24) is 4.57 Å². The van der Waals surface area contributed by atoms with Gasteiger partial charge in [0.15, 0.2) is 0 Å². The lowest BCUT2D eigenvalue weighted by molar-refractivity contribution is 0.103. The van der Waals surface area contributed by atoms with Crippen molar-refractivity contribution in [3.05, 3.63) is 74.3 Å². The minimum Gasteiger partial charge on any atom is -0.320 e. The Morgan fingerprint density at radius 2 is 1.83 bits per heavy atom. The molecule has 0 aliphatic carbocycles. The van der Waals surface area contributed by atoms with Gasteiger partial charge in [0.2, 0.25) is 0 Å². The average molecular weight is 338 g/mol. The Labute approximate surface area is 144 Å². The van der Waals surface area contributed by atoms with Crippen molar-refractivity contribution in [1.29, 1.82) is 0 Å². The minimum atomic E-state index is -0.165. The van der Waals surface area contributed by atoms with Crippen molar-refractivity contribution in [3.8, 4) is 11.1 Å². The van der Waals surface area contributed by atoms with E-state index in [1.807, 2.05) is 49.6 Å². The fourth-order valence-electron chi connectivity index (χ4n) is 2.48. The molecule has 0 bridgehead atoms. The lowest BCUT2D eigenvalue weighted by atomic mass is 10.0. The standard InChI is InChI=1S/C19H18N2O2S/c1-12-4-6-14(7-5-12)15-8-9-24-18(15)19(23)20-16-11-21(3)17(22)10-13(16)2/h4-11H,1-3H3,(H,20,23). The molecule has 0 spiro atoms. The highest BCUT2D eigenvalue weighted by Crippen LogP contribution is 2.29. The van der Waals surface area contributed by atoms with Gasteiger partial charge in [-0.1, -0.05) is 29.8 Å². The summed E-state index contributed by atoms with van der Waals surface area (Å²) >= 11 is 1.41. The molecule has 3 rings (SSSR count). The molecule has 1 aromatic carbocycles. The molecule has 1 amide bonds. The number of amides is 1. The summed E-state index contributed by atoms with van der Waals surface area (Å²) in [5.41, 5.74) is 4.41. The molecule has 2 heterocycles. The van der Waals surface area contributed by atoms with E-state index in [0.717, 1.165) is 16.7 Å². The quantitative estimate of drug-likeness (QED) is 0.785. The summed E-state index contributed by atoms with van der Waals surface area (Å²) in [4.78, 5) is 25.0. The van der Waals surface area contributed by atoms with Crippen LogP contribution >= 0.6 is 11.3 Å². The third-order valence-corrected chi connectivity index (χ3v) is 4.83. The zero-order valence-electron chi connectivity index (χ0n) is 13.8. The number of aryl methyl sites for hydroxylation is 3. The number of pyridine rings is 1. The number of carbonyl (C=O) groups is 1. The number of nitrogens with zero attached hydrogens (tertiary/aromatic N) is 1. The van der Waals surface area contributed by atoms with Gasteiger partial charge in [-0.2, -0.15) is 0 Å². The van der Waals surface area contributed by atoms with Crippen molar-refractivity contribution < 1.29 is 4.79 Å². The van der Waals surface area contributed by atoms with E-state index in [4.69, 9.17) is 0 Å². The maximum Gasteiger partial charge on any atom is 0.266 e. The van der Waals surface area contributed by atoms with Gasteiger partial charge in [-0.05, 0) is 36.4 Å². The average Bonchev–Trinajstić information content (AvgIpc) is 3.03. The van der Waals surface area contributed by atoms with Crippen LogP contribution in [0.1, 0.15) is 20.8 Å². The first kappa shape index (κ1) is 16.2. The Balaban J connectivity index is 1.92. The fraction of sp³-hybridized carbons (Fsp3) is 0.158. The summed E-state index contributed by atoms with van der Waals surface area (Å²) in [5.74, 6) is -0.165. The normalized spacial score (nSPS) is 10.6. The molecule has 0 aliphatic heterocycles. The van der Waals surface area contributed by atoms with Gasteiger partial charge in [0.25, 0.3) is 11.5 Å². The van der Waals surface area contributed by atoms with Crippen LogP contribution in [0, 0.1) is 13.8 Å². The second kappa shape index (κ2) is 6.45. The Kier molecular flexibility index (Phi) is 4.36. The van der Waals surface area contributed by atoms with Crippen molar-refractivity contribution in [2.24, 2.45) is 7.05 Å². The van der Waals surface area contributed by atoms with Crippen LogP contribution in [0.25, 0.3) is 11.1 Å². The Hall–Kier alpha value is -2.66.